The third kappa shape index (κ3) is 3.48. The largest absolute Gasteiger partial charge is 0.345 e. The summed E-state index contributed by atoms with van der Waals surface area (Å²) in [6.07, 6.45) is 6.04. The Hall–Kier alpha value is -1.43. The third-order valence-corrected chi connectivity index (χ3v) is 6.28. The number of hydrogen-bond acceptors (Lipinski definition) is 4. The van der Waals surface area contributed by atoms with Crippen molar-refractivity contribution in [1.29, 1.82) is 0 Å². The van der Waals surface area contributed by atoms with Crippen LogP contribution < -0.4 is 5.32 Å². The Morgan fingerprint density at radius 1 is 1.17 bits per heavy atom. The fourth-order valence-electron chi connectivity index (χ4n) is 3.69. The SMILES string of the molecule is CC(C)[C@H](C(=O)N[C@H](C)c1nc2c(s1)CCCC2)N1CCCC1=O. The summed E-state index contributed by atoms with van der Waals surface area (Å²) in [4.78, 5) is 32.7. The van der Waals surface area contributed by atoms with E-state index in [1.807, 2.05) is 20.8 Å². The van der Waals surface area contributed by atoms with Gasteiger partial charge in [0.25, 0.3) is 0 Å². The van der Waals surface area contributed by atoms with Crippen LogP contribution in [0.15, 0.2) is 0 Å². The molecule has 2 amide bonds. The van der Waals surface area contributed by atoms with Gasteiger partial charge >= 0.3 is 0 Å². The van der Waals surface area contributed by atoms with Crippen molar-refractivity contribution in [1.82, 2.24) is 15.2 Å². The summed E-state index contributed by atoms with van der Waals surface area (Å²) >= 11 is 1.73. The van der Waals surface area contributed by atoms with Crippen LogP contribution in [0.25, 0.3) is 0 Å². The van der Waals surface area contributed by atoms with Crippen LogP contribution in [0.3, 0.4) is 0 Å². The summed E-state index contributed by atoms with van der Waals surface area (Å²) in [5.41, 5.74) is 1.22. The summed E-state index contributed by atoms with van der Waals surface area (Å²) < 4.78 is 0. The number of likely N-dealkylation sites (tertiary alicyclic amines) is 1. The van der Waals surface area contributed by atoms with E-state index in [-0.39, 0.29) is 29.8 Å². The summed E-state index contributed by atoms with van der Waals surface area (Å²) in [7, 11) is 0. The minimum atomic E-state index is -0.378. The maximum Gasteiger partial charge on any atom is 0.243 e. The standard InChI is InChI=1S/C18H27N3O2S/c1-11(2)16(21-10-6-9-15(21)22)17(23)19-12(3)18-20-13-7-4-5-8-14(13)24-18/h11-12,16H,4-10H2,1-3H3,(H,19,23)/t12-,16-/m1/s1. The molecular formula is C18H27N3O2S. The van der Waals surface area contributed by atoms with E-state index in [9.17, 15) is 9.59 Å². The lowest BCUT2D eigenvalue weighted by molar-refractivity contribution is -0.139. The second-order valence-electron chi connectivity index (χ2n) is 7.24. The summed E-state index contributed by atoms with van der Waals surface area (Å²) in [5, 5.41) is 4.09. The molecule has 3 rings (SSSR count). The first kappa shape index (κ1) is 17.4. The molecule has 0 unspecified atom stereocenters. The smallest absolute Gasteiger partial charge is 0.243 e. The highest BCUT2D eigenvalue weighted by Gasteiger charge is 2.35. The Labute approximate surface area is 147 Å². The Morgan fingerprint density at radius 3 is 2.54 bits per heavy atom. The zero-order chi connectivity index (χ0) is 17.3. The average molecular weight is 350 g/mol. The van der Waals surface area contributed by atoms with E-state index in [4.69, 9.17) is 4.98 Å². The van der Waals surface area contributed by atoms with Crippen molar-refractivity contribution >= 4 is 23.2 Å². The van der Waals surface area contributed by atoms with Crippen LogP contribution >= 0.6 is 11.3 Å². The zero-order valence-corrected chi connectivity index (χ0v) is 15.6. The second kappa shape index (κ2) is 7.21. The van der Waals surface area contributed by atoms with Crippen LogP contribution in [0.2, 0.25) is 0 Å². The zero-order valence-electron chi connectivity index (χ0n) is 14.8. The molecule has 0 radical (unpaired) electrons. The Bertz CT molecular complexity index is 602. The van der Waals surface area contributed by atoms with E-state index < -0.39 is 0 Å². The average Bonchev–Trinajstić information content (AvgIpc) is 3.13. The number of fused-ring (bicyclic) bond motifs is 1. The van der Waals surface area contributed by atoms with Crippen molar-refractivity contribution in [3.05, 3.63) is 15.6 Å². The molecule has 2 aliphatic rings. The molecule has 1 N–H and O–H groups in total. The molecule has 0 bridgehead atoms. The van der Waals surface area contributed by atoms with Crippen molar-refractivity contribution in [2.24, 2.45) is 5.92 Å². The van der Waals surface area contributed by atoms with E-state index in [1.165, 1.54) is 23.4 Å². The Balaban J connectivity index is 1.70. The van der Waals surface area contributed by atoms with E-state index in [0.717, 1.165) is 24.3 Å². The van der Waals surface area contributed by atoms with E-state index in [1.54, 1.807) is 16.2 Å². The molecule has 1 saturated heterocycles. The molecule has 2 atom stereocenters. The quantitative estimate of drug-likeness (QED) is 0.889. The monoisotopic (exact) mass is 349 g/mol. The summed E-state index contributed by atoms with van der Waals surface area (Å²) in [6, 6.07) is -0.482. The fourth-order valence-corrected chi connectivity index (χ4v) is 4.84. The molecule has 24 heavy (non-hydrogen) atoms. The number of rotatable bonds is 5. The van der Waals surface area contributed by atoms with Crippen LogP contribution in [0.5, 0.6) is 0 Å². The molecule has 5 nitrogen and oxygen atoms in total. The first-order valence-electron chi connectivity index (χ1n) is 9.05. The van der Waals surface area contributed by atoms with Crippen LogP contribution in [0, 0.1) is 5.92 Å². The number of nitrogens with zero attached hydrogens (tertiary/aromatic N) is 2. The lowest BCUT2D eigenvalue weighted by Gasteiger charge is -2.30. The number of aromatic nitrogens is 1. The van der Waals surface area contributed by atoms with Gasteiger partial charge in [0, 0.05) is 17.8 Å². The van der Waals surface area contributed by atoms with Crippen molar-refractivity contribution < 1.29 is 9.59 Å². The number of nitrogens with one attached hydrogen (secondary N) is 1. The third-order valence-electron chi connectivity index (χ3n) is 4.94. The number of aryl methyl sites for hydroxylation is 2. The molecule has 6 heteroatoms. The maximum atomic E-state index is 12.8. The summed E-state index contributed by atoms with van der Waals surface area (Å²) in [6.45, 7) is 6.69. The van der Waals surface area contributed by atoms with Crippen molar-refractivity contribution in [3.8, 4) is 0 Å². The van der Waals surface area contributed by atoms with Crippen LogP contribution in [0.1, 0.15) is 68.1 Å². The molecule has 1 aromatic heterocycles. The first-order chi connectivity index (χ1) is 11.5. The number of hydrogen-bond donors (Lipinski definition) is 1. The van der Waals surface area contributed by atoms with Gasteiger partial charge in [-0.25, -0.2) is 4.98 Å². The predicted molar refractivity (Wildman–Crippen MR) is 94.9 cm³/mol. The number of carbonyl (C=O) groups is 2. The van der Waals surface area contributed by atoms with Crippen molar-refractivity contribution in [3.63, 3.8) is 0 Å². The van der Waals surface area contributed by atoms with Crippen LogP contribution in [0.4, 0.5) is 0 Å². The van der Waals surface area contributed by atoms with Gasteiger partial charge in [-0.1, -0.05) is 13.8 Å². The van der Waals surface area contributed by atoms with Crippen LogP contribution in [-0.4, -0.2) is 34.3 Å². The van der Waals surface area contributed by atoms with Gasteiger partial charge in [-0.2, -0.15) is 0 Å². The lowest BCUT2D eigenvalue weighted by Crippen LogP contribution is -2.50. The molecule has 1 aliphatic heterocycles. The molecule has 1 aliphatic carbocycles. The predicted octanol–water partition coefficient (Wildman–Crippen LogP) is 2.85. The number of amides is 2. The topological polar surface area (TPSA) is 62.3 Å². The highest BCUT2D eigenvalue weighted by atomic mass is 32.1. The first-order valence-corrected chi connectivity index (χ1v) is 9.87. The van der Waals surface area contributed by atoms with Gasteiger partial charge in [0.2, 0.25) is 11.8 Å². The number of carbonyl (C=O) groups excluding carboxylic acids is 2. The highest BCUT2D eigenvalue weighted by molar-refractivity contribution is 7.11. The van der Waals surface area contributed by atoms with E-state index >= 15 is 0 Å². The van der Waals surface area contributed by atoms with Gasteiger partial charge in [0.05, 0.1) is 11.7 Å². The van der Waals surface area contributed by atoms with Crippen molar-refractivity contribution in [2.45, 2.75) is 71.4 Å². The molecule has 0 spiro atoms. The highest BCUT2D eigenvalue weighted by Crippen LogP contribution is 2.30. The van der Waals surface area contributed by atoms with E-state index in [2.05, 4.69) is 5.32 Å². The number of thiazole rings is 1. The van der Waals surface area contributed by atoms with Gasteiger partial charge < -0.3 is 10.2 Å². The molecule has 0 aromatic carbocycles. The normalized spacial score (nSPS) is 20.2. The molecule has 0 saturated carbocycles. The summed E-state index contributed by atoms with van der Waals surface area (Å²) in [5.74, 6) is 0.144. The van der Waals surface area contributed by atoms with Gasteiger partial charge in [-0.05, 0) is 44.9 Å². The van der Waals surface area contributed by atoms with Gasteiger partial charge in [-0.3, -0.25) is 9.59 Å². The maximum absolute atomic E-state index is 12.8. The molecule has 1 fully saturated rings. The molecular weight excluding hydrogens is 322 g/mol. The Kier molecular flexibility index (Phi) is 5.23. The minimum Gasteiger partial charge on any atom is -0.345 e. The second-order valence-corrected chi connectivity index (χ2v) is 8.35. The van der Waals surface area contributed by atoms with Crippen molar-refractivity contribution in [2.75, 3.05) is 6.54 Å². The molecule has 132 valence electrons. The minimum absolute atomic E-state index is 0.0547. The Morgan fingerprint density at radius 2 is 1.92 bits per heavy atom. The molecule has 2 heterocycles. The van der Waals surface area contributed by atoms with E-state index in [0.29, 0.717) is 13.0 Å². The molecule has 1 aromatic rings. The van der Waals surface area contributed by atoms with Crippen LogP contribution in [-0.2, 0) is 22.4 Å². The fraction of sp³-hybridized carbons (Fsp3) is 0.722. The van der Waals surface area contributed by atoms with Gasteiger partial charge in [-0.15, -0.1) is 11.3 Å². The van der Waals surface area contributed by atoms with Gasteiger partial charge in [0.15, 0.2) is 0 Å². The lowest BCUT2D eigenvalue weighted by atomic mass is 10.0. The van der Waals surface area contributed by atoms with Gasteiger partial charge in [0.1, 0.15) is 11.0 Å².